The van der Waals surface area contributed by atoms with Gasteiger partial charge in [0, 0.05) is 12.2 Å². The van der Waals surface area contributed by atoms with E-state index in [1.54, 1.807) is 72.8 Å². The van der Waals surface area contributed by atoms with E-state index < -0.39 is 41.9 Å². The number of methoxy groups -OCH3 is 1. The second-order valence-electron chi connectivity index (χ2n) is 9.42. The van der Waals surface area contributed by atoms with Gasteiger partial charge in [-0.05, 0) is 59.7 Å². The van der Waals surface area contributed by atoms with Gasteiger partial charge in [-0.3, -0.25) is 24.1 Å². The molecule has 1 unspecified atom stereocenters. The Balaban J connectivity index is 1.53. The number of anilines is 2. The number of nitrogens with one attached hydrogen (secondary N) is 1. The molecule has 0 fully saturated rings. The minimum Gasteiger partial charge on any atom is -0.497 e. The van der Waals surface area contributed by atoms with Crippen LogP contribution in [0.1, 0.15) is 27.5 Å². The number of Topliss-reactive ketones (excluding diaryl/α,β-unsaturated/α-hetero) is 1. The standard InChI is InChI=1S/C32H26FN3O5/c1-41-25-16-14-24(15-17-25)34-31(39)29(22-10-7-11-23(33)18-22)36(19-21-8-3-2-4-9-21)28(37)20-35-27-13-6-5-12-26(27)30(38)32(35)40/h2-18,29H,19-20H2,1H3,(H,34,39). The summed E-state index contributed by atoms with van der Waals surface area (Å²) < 4.78 is 19.6. The van der Waals surface area contributed by atoms with Gasteiger partial charge in [0.1, 0.15) is 24.2 Å². The number of hydrogen-bond donors (Lipinski definition) is 1. The number of benzene rings is 4. The van der Waals surface area contributed by atoms with E-state index in [1.807, 2.05) is 6.07 Å². The van der Waals surface area contributed by atoms with Crippen LogP contribution < -0.4 is 15.0 Å². The largest absolute Gasteiger partial charge is 0.497 e. The lowest BCUT2D eigenvalue weighted by Gasteiger charge is -2.33. The summed E-state index contributed by atoms with van der Waals surface area (Å²) in [6.45, 7) is -0.509. The normalized spacial score (nSPS) is 13.0. The molecule has 0 aliphatic carbocycles. The average molecular weight is 552 g/mol. The molecule has 8 nitrogen and oxygen atoms in total. The Kier molecular flexibility index (Phi) is 7.87. The van der Waals surface area contributed by atoms with Crippen LogP contribution in [0.4, 0.5) is 15.8 Å². The van der Waals surface area contributed by atoms with Gasteiger partial charge in [-0.25, -0.2) is 4.39 Å². The zero-order valence-corrected chi connectivity index (χ0v) is 22.1. The molecule has 4 aromatic carbocycles. The second-order valence-corrected chi connectivity index (χ2v) is 9.42. The molecule has 0 aromatic heterocycles. The molecule has 5 rings (SSSR count). The maximum Gasteiger partial charge on any atom is 0.299 e. The molecule has 1 aliphatic rings. The number of rotatable bonds is 9. The molecule has 4 aromatic rings. The van der Waals surface area contributed by atoms with Crippen LogP contribution in [0, 0.1) is 5.82 Å². The van der Waals surface area contributed by atoms with Gasteiger partial charge in [0.15, 0.2) is 0 Å². The van der Waals surface area contributed by atoms with Gasteiger partial charge in [0.25, 0.3) is 17.6 Å². The van der Waals surface area contributed by atoms with Crippen LogP contribution in [0.3, 0.4) is 0 Å². The van der Waals surface area contributed by atoms with Crippen molar-refractivity contribution >= 4 is 34.9 Å². The van der Waals surface area contributed by atoms with E-state index in [0.717, 1.165) is 4.90 Å². The van der Waals surface area contributed by atoms with E-state index in [1.165, 1.54) is 36.3 Å². The van der Waals surface area contributed by atoms with E-state index in [0.29, 0.717) is 22.7 Å². The Morgan fingerprint density at radius 2 is 1.61 bits per heavy atom. The third kappa shape index (κ3) is 5.84. The zero-order valence-electron chi connectivity index (χ0n) is 22.1. The lowest BCUT2D eigenvalue weighted by Crippen LogP contribution is -2.46. The first kappa shape index (κ1) is 27.3. The summed E-state index contributed by atoms with van der Waals surface area (Å²) in [5, 5.41) is 2.81. The monoisotopic (exact) mass is 551 g/mol. The molecule has 0 saturated heterocycles. The Hall–Kier alpha value is -5.31. The number of para-hydroxylation sites is 1. The lowest BCUT2D eigenvalue weighted by atomic mass is 10.0. The molecule has 1 aliphatic heterocycles. The van der Waals surface area contributed by atoms with Crippen LogP contribution in [-0.2, 0) is 20.9 Å². The first-order chi connectivity index (χ1) is 19.9. The third-order valence-electron chi connectivity index (χ3n) is 6.77. The van der Waals surface area contributed by atoms with Gasteiger partial charge in [0.05, 0.1) is 18.4 Å². The molecule has 1 atom stereocenters. The Morgan fingerprint density at radius 3 is 2.32 bits per heavy atom. The number of nitrogens with zero attached hydrogens (tertiary/aromatic N) is 2. The van der Waals surface area contributed by atoms with Crippen LogP contribution in [0.25, 0.3) is 0 Å². The highest BCUT2D eigenvalue weighted by atomic mass is 19.1. The molecule has 41 heavy (non-hydrogen) atoms. The number of amides is 3. The quantitative estimate of drug-likeness (QED) is 0.302. The number of hydrogen-bond acceptors (Lipinski definition) is 5. The summed E-state index contributed by atoms with van der Waals surface area (Å²) in [6.07, 6.45) is 0. The predicted molar refractivity (Wildman–Crippen MR) is 151 cm³/mol. The zero-order chi connectivity index (χ0) is 28.9. The minimum absolute atomic E-state index is 0.0193. The van der Waals surface area contributed by atoms with Gasteiger partial charge in [-0.2, -0.15) is 0 Å². The van der Waals surface area contributed by atoms with Crippen molar-refractivity contribution in [1.29, 1.82) is 0 Å². The summed E-state index contributed by atoms with van der Waals surface area (Å²) in [5.41, 5.74) is 1.92. The van der Waals surface area contributed by atoms with Crippen molar-refractivity contribution in [2.24, 2.45) is 0 Å². The highest BCUT2D eigenvalue weighted by Gasteiger charge is 2.39. The summed E-state index contributed by atoms with van der Waals surface area (Å²) in [5.74, 6) is -2.71. The van der Waals surface area contributed by atoms with Crippen LogP contribution in [0.15, 0.2) is 103 Å². The number of carbonyl (C=O) groups is 4. The summed E-state index contributed by atoms with van der Waals surface area (Å²) in [4.78, 5) is 55.7. The van der Waals surface area contributed by atoms with E-state index in [2.05, 4.69) is 5.32 Å². The summed E-state index contributed by atoms with van der Waals surface area (Å²) >= 11 is 0. The van der Waals surface area contributed by atoms with Crippen molar-refractivity contribution in [2.75, 3.05) is 23.9 Å². The number of ether oxygens (including phenoxy) is 1. The van der Waals surface area contributed by atoms with Crippen molar-refractivity contribution in [1.82, 2.24) is 4.90 Å². The lowest BCUT2D eigenvalue weighted by molar-refractivity contribution is -0.139. The smallest absolute Gasteiger partial charge is 0.299 e. The third-order valence-corrected chi connectivity index (χ3v) is 6.77. The van der Waals surface area contributed by atoms with Crippen molar-refractivity contribution in [3.8, 4) is 5.75 Å². The predicted octanol–water partition coefficient (Wildman–Crippen LogP) is 4.77. The molecule has 9 heteroatoms. The molecule has 1 N–H and O–H groups in total. The van der Waals surface area contributed by atoms with Crippen molar-refractivity contribution in [2.45, 2.75) is 12.6 Å². The number of fused-ring (bicyclic) bond motifs is 1. The van der Waals surface area contributed by atoms with Gasteiger partial charge in [-0.1, -0.05) is 54.6 Å². The van der Waals surface area contributed by atoms with Crippen molar-refractivity contribution < 1.29 is 28.3 Å². The van der Waals surface area contributed by atoms with Crippen LogP contribution in [0.5, 0.6) is 5.75 Å². The first-order valence-corrected chi connectivity index (χ1v) is 12.8. The molecule has 1 heterocycles. The maximum atomic E-state index is 14.4. The fourth-order valence-corrected chi connectivity index (χ4v) is 4.77. The molecule has 206 valence electrons. The molecule has 0 spiro atoms. The fourth-order valence-electron chi connectivity index (χ4n) is 4.77. The molecule has 0 saturated carbocycles. The number of halogens is 1. The second kappa shape index (κ2) is 11.8. The minimum atomic E-state index is -1.27. The van der Waals surface area contributed by atoms with E-state index >= 15 is 0 Å². The van der Waals surface area contributed by atoms with E-state index in [-0.39, 0.29) is 17.7 Å². The van der Waals surface area contributed by atoms with Crippen molar-refractivity contribution in [3.05, 3.63) is 126 Å². The van der Waals surface area contributed by atoms with Gasteiger partial charge < -0.3 is 15.0 Å². The van der Waals surface area contributed by atoms with Gasteiger partial charge in [-0.15, -0.1) is 0 Å². The Bertz CT molecular complexity index is 1610. The number of ketones is 1. The maximum absolute atomic E-state index is 14.4. The van der Waals surface area contributed by atoms with E-state index in [9.17, 15) is 23.6 Å². The highest BCUT2D eigenvalue weighted by molar-refractivity contribution is 6.52. The van der Waals surface area contributed by atoms with Crippen LogP contribution >= 0.6 is 0 Å². The average Bonchev–Trinajstić information content (AvgIpc) is 3.22. The van der Waals surface area contributed by atoms with Crippen LogP contribution in [-0.4, -0.2) is 42.1 Å². The Labute approximate surface area is 236 Å². The van der Waals surface area contributed by atoms with Crippen LogP contribution in [0.2, 0.25) is 0 Å². The molecule has 0 bridgehead atoms. The van der Waals surface area contributed by atoms with E-state index in [4.69, 9.17) is 4.74 Å². The fraction of sp³-hybridized carbons (Fsp3) is 0.125. The SMILES string of the molecule is COc1ccc(NC(=O)C(c2cccc(F)c2)N(Cc2ccccc2)C(=O)CN2C(=O)C(=O)c3ccccc32)cc1. The highest BCUT2D eigenvalue weighted by Crippen LogP contribution is 2.31. The summed E-state index contributed by atoms with van der Waals surface area (Å²) in [6, 6.07) is 26.3. The molecular weight excluding hydrogens is 525 g/mol. The van der Waals surface area contributed by atoms with Crippen molar-refractivity contribution in [3.63, 3.8) is 0 Å². The summed E-state index contributed by atoms with van der Waals surface area (Å²) in [7, 11) is 1.53. The van der Waals surface area contributed by atoms with Gasteiger partial charge >= 0.3 is 0 Å². The number of carbonyl (C=O) groups excluding carboxylic acids is 4. The molecule has 0 radical (unpaired) electrons. The van der Waals surface area contributed by atoms with Gasteiger partial charge in [0.2, 0.25) is 5.91 Å². The first-order valence-electron chi connectivity index (χ1n) is 12.8. The topological polar surface area (TPSA) is 96.0 Å². The Morgan fingerprint density at radius 1 is 0.902 bits per heavy atom. The molecule has 3 amide bonds. The molecular formula is C32H26FN3O5.